The van der Waals surface area contributed by atoms with E-state index in [2.05, 4.69) is 10.2 Å². The molecule has 2 N–H and O–H groups in total. The van der Waals surface area contributed by atoms with Gasteiger partial charge in [0.05, 0.1) is 4.88 Å². The molecular formula is C10H8N4S. The number of thiophene rings is 1. The molecule has 15 heavy (non-hydrogen) atoms. The van der Waals surface area contributed by atoms with E-state index in [-0.39, 0.29) is 0 Å². The number of nitrogen functional groups attached to an aromatic ring is 1. The minimum absolute atomic E-state index is 0.708. The standard InChI is InChI=1S/C10H8N4S/c11-7-3-4-9-12-13-10(14(9)6-7)8-2-1-5-15-8/h1-6H,11H2. The Bertz CT molecular complexity index is 597. The van der Waals surface area contributed by atoms with Gasteiger partial charge in [0.15, 0.2) is 11.5 Å². The fourth-order valence-electron chi connectivity index (χ4n) is 1.48. The minimum Gasteiger partial charge on any atom is -0.398 e. The van der Waals surface area contributed by atoms with Gasteiger partial charge in [-0.25, -0.2) is 0 Å². The van der Waals surface area contributed by atoms with Crippen LogP contribution in [-0.4, -0.2) is 14.6 Å². The van der Waals surface area contributed by atoms with E-state index in [9.17, 15) is 0 Å². The Labute approximate surface area is 90.0 Å². The Morgan fingerprint density at radius 1 is 1.20 bits per heavy atom. The monoisotopic (exact) mass is 216 g/mol. The molecule has 74 valence electrons. The lowest BCUT2D eigenvalue weighted by Crippen LogP contribution is -1.91. The van der Waals surface area contributed by atoms with Gasteiger partial charge in [-0.05, 0) is 23.6 Å². The third kappa shape index (κ3) is 1.28. The first-order valence-electron chi connectivity index (χ1n) is 4.49. The van der Waals surface area contributed by atoms with E-state index < -0.39 is 0 Å². The zero-order chi connectivity index (χ0) is 10.3. The maximum Gasteiger partial charge on any atom is 0.178 e. The molecule has 0 bridgehead atoms. The van der Waals surface area contributed by atoms with Crippen LogP contribution in [0.25, 0.3) is 16.3 Å². The van der Waals surface area contributed by atoms with E-state index in [1.54, 1.807) is 11.3 Å². The van der Waals surface area contributed by atoms with Crippen molar-refractivity contribution in [3.63, 3.8) is 0 Å². The third-order valence-electron chi connectivity index (χ3n) is 2.17. The number of anilines is 1. The van der Waals surface area contributed by atoms with Gasteiger partial charge in [-0.3, -0.25) is 4.40 Å². The Balaban J connectivity index is 2.32. The van der Waals surface area contributed by atoms with Crippen molar-refractivity contribution in [1.29, 1.82) is 0 Å². The number of nitrogens with zero attached hydrogens (tertiary/aromatic N) is 3. The molecule has 5 heteroatoms. The molecule has 0 spiro atoms. The van der Waals surface area contributed by atoms with Gasteiger partial charge >= 0.3 is 0 Å². The van der Waals surface area contributed by atoms with Crippen LogP contribution in [0.2, 0.25) is 0 Å². The highest BCUT2D eigenvalue weighted by atomic mass is 32.1. The van der Waals surface area contributed by atoms with Gasteiger partial charge in [0.25, 0.3) is 0 Å². The summed E-state index contributed by atoms with van der Waals surface area (Å²) < 4.78 is 1.90. The van der Waals surface area contributed by atoms with Crippen molar-refractivity contribution >= 4 is 22.7 Å². The summed E-state index contributed by atoms with van der Waals surface area (Å²) in [6.45, 7) is 0. The molecule has 3 rings (SSSR count). The number of rotatable bonds is 1. The van der Waals surface area contributed by atoms with Gasteiger partial charge in [-0.15, -0.1) is 21.5 Å². The lowest BCUT2D eigenvalue weighted by Gasteiger charge is -1.97. The van der Waals surface area contributed by atoms with Gasteiger partial charge in [0.1, 0.15) is 0 Å². The molecule has 3 heterocycles. The quantitative estimate of drug-likeness (QED) is 0.677. The topological polar surface area (TPSA) is 56.2 Å². The van der Waals surface area contributed by atoms with Gasteiger partial charge in [-0.1, -0.05) is 6.07 Å². The van der Waals surface area contributed by atoms with Crippen molar-refractivity contribution in [2.45, 2.75) is 0 Å². The predicted octanol–water partition coefficient (Wildman–Crippen LogP) is 2.04. The first-order valence-corrected chi connectivity index (χ1v) is 5.37. The largest absolute Gasteiger partial charge is 0.398 e. The molecule has 3 aromatic heterocycles. The van der Waals surface area contributed by atoms with Crippen LogP contribution in [0.5, 0.6) is 0 Å². The molecule has 0 saturated heterocycles. The summed E-state index contributed by atoms with van der Waals surface area (Å²) in [7, 11) is 0. The lowest BCUT2D eigenvalue weighted by atomic mass is 10.4. The number of nitrogens with two attached hydrogens (primary N) is 1. The molecule has 0 atom stereocenters. The van der Waals surface area contributed by atoms with Crippen LogP contribution in [0.3, 0.4) is 0 Å². The average Bonchev–Trinajstić information content (AvgIpc) is 2.83. The Kier molecular flexibility index (Phi) is 1.72. The molecule has 0 aliphatic heterocycles. The second-order valence-electron chi connectivity index (χ2n) is 3.19. The highest BCUT2D eigenvalue weighted by molar-refractivity contribution is 7.13. The molecular weight excluding hydrogens is 208 g/mol. The predicted molar refractivity (Wildman–Crippen MR) is 60.7 cm³/mol. The fraction of sp³-hybridized carbons (Fsp3) is 0. The van der Waals surface area contributed by atoms with Crippen molar-refractivity contribution < 1.29 is 0 Å². The number of aromatic nitrogens is 3. The molecule has 0 amide bonds. The van der Waals surface area contributed by atoms with Gasteiger partial charge in [-0.2, -0.15) is 0 Å². The highest BCUT2D eigenvalue weighted by Crippen LogP contribution is 2.23. The summed E-state index contributed by atoms with van der Waals surface area (Å²) in [6.07, 6.45) is 1.84. The Morgan fingerprint density at radius 2 is 2.13 bits per heavy atom. The number of pyridine rings is 1. The van der Waals surface area contributed by atoms with E-state index in [4.69, 9.17) is 5.73 Å². The van der Waals surface area contributed by atoms with Crippen LogP contribution in [0.4, 0.5) is 5.69 Å². The zero-order valence-corrected chi connectivity index (χ0v) is 8.61. The van der Waals surface area contributed by atoms with Gasteiger partial charge in [0, 0.05) is 11.9 Å². The van der Waals surface area contributed by atoms with Crippen LogP contribution < -0.4 is 5.73 Å². The summed E-state index contributed by atoms with van der Waals surface area (Å²) in [4.78, 5) is 1.09. The van der Waals surface area contributed by atoms with E-state index in [1.165, 1.54) is 0 Å². The second-order valence-corrected chi connectivity index (χ2v) is 4.14. The molecule has 3 aromatic rings. The van der Waals surface area contributed by atoms with E-state index in [1.807, 2.05) is 40.2 Å². The van der Waals surface area contributed by atoms with Crippen LogP contribution in [-0.2, 0) is 0 Å². The van der Waals surface area contributed by atoms with Crippen molar-refractivity contribution in [3.05, 3.63) is 35.8 Å². The maximum atomic E-state index is 5.73. The van der Waals surface area contributed by atoms with Crippen LogP contribution in [0.1, 0.15) is 0 Å². The summed E-state index contributed by atoms with van der Waals surface area (Å²) in [5.74, 6) is 0.840. The van der Waals surface area contributed by atoms with Crippen molar-refractivity contribution in [1.82, 2.24) is 14.6 Å². The molecule has 0 aromatic carbocycles. The summed E-state index contributed by atoms with van der Waals surface area (Å²) in [6, 6.07) is 7.69. The van der Waals surface area contributed by atoms with E-state index in [0.29, 0.717) is 5.69 Å². The molecule has 4 nitrogen and oxygen atoms in total. The van der Waals surface area contributed by atoms with Crippen LogP contribution >= 0.6 is 11.3 Å². The SMILES string of the molecule is Nc1ccc2nnc(-c3cccs3)n2c1. The summed E-state index contributed by atoms with van der Waals surface area (Å²) >= 11 is 1.64. The molecule has 0 unspecified atom stereocenters. The van der Waals surface area contributed by atoms with Crippen molar-refractivity contribution in [2.75, 3.05) is 5.73 Å². The molecule has 0 fully saturated rings. The number of hydrogen-bond acceptors (Lipinski definition) is 4. The minimum atomic E-state index is 0.708. The van der Waals surface area contributed by atoms with E-state index >= 15 is 0 Å². The molecule has 0 aliphatic carbocycles. The van der Waals surface area contributed by atoms with E-state index in [0.717, 1.165) is 16.3 Å². The average molecular weight is 216 g/mol. The summed E-state index contributed by atoms with van der Waals surface area (Å²) in [5.41, 5.74) is 7.25. The first-order chi connectivity index (χ1) is 7.34. The normalized spacial score (nSPS) is 10.9. The number of hydrogen-bond donors (Lipinski definition) is 1. The fourth-order valence-corrected chi connectivity index (χ4v) is 2.19. The highest BCUT2D eigenvalue weighted by Gasteiger charge is 2.08. The van der Waals surface area contributed by atoms with Crippen LogP contribution in [0, 0.1) is 0 Å². The maximum absolute atomic E-state index is 5.73. The molecule has 0 radical (unpaired) electrons. The second kappa shape index (κ2) is 3.06. The lowest BCUT2D eigenvalue weighted by molar-refractivity contribution is 1.12. The number of fused-ring (bicyclic) bond motifs is 1. The molecule has 0 saturated carbocycles. The smallest absolute Gasteiger partial charge is 0.178 e. The first kappa shape index (κ1) is 8.43. The van der Waals surface area contributed by atoms with Gasteiger partial charge in [0.2, 0.25) is 0 Å². The third-order valence-corrected chi connectivity index (χ3v) is 3.03. The Hall–Kier alpha value is -1.88. The van der Waals surface area contributed by atoms with Crippen molar-refractivity contribution in [3.8, 4) is 10.7 Å². The van der Waals surface area contributed by atoms with Crippen molar-refractivity contribution in [2.24, 2.45) is 0 Å². The Morgan fingerprint density at radius 3 is 2.93 bits per heavy atom. The summed E-state index contributed by atoms with van der Waals surface area (Å²) in [5, 5.41) is 10.2. The molecule has 0 aliphatic rings. The van der Waals surface area contributed by atoms with Crippen LogP contribution in [0.15, 0.2) is 35.8 Å². The zero-order valence-electron chi connectivity index (χ0n) is 7.79. The van der Waals surface area contributed by atoms with Gasteiger partial charge < -0.3 is 5.73 Å².